The molecule has 1 aliphatic carbocycles. The number of aromatic carboxylic acids is 1. The summed E-state index contributed by atoms with van der Waals surface area (Å²) >= 11 is 0. The summed E-state index contributed by atoms with van der Waals surface area (Å²) in [6.07, 6.45) is 1.92. The molecule has 7 nitrogen and oxygen atoms in total. The standard InChI is InChI=1S/C11H13N3O4/c1-2-13(7-3-4-7)10-9(14(17)18)6-5-8(12-10)11(15)16/h5-7H,2-4H2,1H3,(H,15,16). The molecule has 0 bridgehead atoms. The van der Waals surface area contributed by atoms with Crippen LogP contribution in [-0.4, -0.2) is 33.6 Å². The van der Waals surface area contributed by atoms with Gasteiger partial charge in [0.2, 0.25) is 5.82 Å². The number of carboxylic acid groups (broad SMARTS) is 1. The summed E-state index contributed by atoms with van der Waals surface area (Å²) in [4.78, 5) is 27.0. The van der Waals surface area contributed by atoms with Gasteiger partial charge in [0, 0.05) is 18.7 Å². The lowest BCUT2D eigenvalue weighted by Gasteiger charge is -2.21. The van der Waals surface area contributed by atoms with E-state index >= 15 is 0 Å². The van der Waals surface area contributed by atoms with Crippen LogP contribution >= 0.6 is 0 Å². The van der Waals surface area contributed by atoms with Crippen LogP contribution < -0.4 is 4.90 Å². The fourth-order valence-corrected chi connectivity index (χ4v) is 1.88. The molecule has 1 aliphatic rings. The van der Waals surface area contributed by atoms with Gasteiger partial charge in [-0.3, -0.25) is 10.1 Å². The Morgan fingerprint density at radius 1 is 1.61 bits per heavy atom. The number of rotatable bonds is 5. The first-order valence-electron chi connectivity index (χ1n) is 5.70. The van der Waals surface area contributed by atoms with Crippen molar-refractivity contribution in [3.8, 4) is 0 Å². The van der Waals surface area contributed by atoms with E-state index in [0.717, 1.165) is 18.9 Å². The average Bonchev–Trinajstić information content (AvgIpc) is 3.14. The van der Waals surface area contributed by atoms with E-state index in [1.807, 2.05) is 6.92 Å². The molecule has 1 N–H and O–H groups in total. The van der Waals surface area contributed by atoms with E-state index < -0.39 is 10.9 Å². The van der Waals surface area contributed by atoms with Crippen molar-refractivity contribution in [2.75, 3.05) is 11.4 Å². The minimum atomic E-state index is -1.18. The summed E-state index contributed by atoms with van der Waals surface area (Å²) in [6.45, 7) is 2.44. The number of nitro groups is 1. The second-order valence-corrected chi connectivity index (χ2v) is 4.12. The van der Waals surface area contributed by atoms with Crippen molar-refractivity contribution in [1.82, 2.24) is 4.98 Å². The Hall–Kier alpha value is -2.18. The zero-order valence-electron chi connectivity index (χ0n) is 9.87. The second kappa shape index (κ2) is 4.59. The number of aromatic nitrogens is 1. The Balaban J connectivity index is 2.48. The quantitative estimate of drug-likeness (QED) is 0.631. The van der Waals surface area contributed by atoms with Gasteiger partial charge >= 0.3 is 11.7 Å². The van der Waals surface area contributed by atoms with Crippen molar-refractivity contribution in [3.05, 3.63) is 27.9 Å². The van der Waals surface area contributed by atoms with Crippen LogP contribution in [0.15, 0.2) is 12.1 Å². The van der Waals surface area contributed by atoms with Crippen LogP contribution in [0.5, 0.6) is 0 Å². The van der Waals surface area contributed by atoms with Crippen LogP contribution in [0.2, 0.25) is 0 Å². The Bertz CT molecular complexity index is 499. The first-order chi connectivity index (χ1) is 8.54. The Kier molecular flexibility index (Phi) is 3.14. The van der Waals surface area contributed by atoms with Crippen LogP contribution in [0.1, 0.15) is 30.3 Å². The van der Waals surface area contributed by atoms with Crippen LogP contribution in [-0.2, 0) is 0 Å². The molecular weight excluding hydrogens is 238 g/mol. The lowest BCUT2D eigenvalue weighted by molar-refractivity contribution is -0.384. The molecule has 1 heterocycles. The molecule has 7 heteroatoms. The van der Waals surface area contributed by atoms with E-state index in [9.17, 15) is 14.9 Å². The van der Waals surface area contributed by atoms with Crippen molar-refractivity contribution < 1.29 is 14.8 Å². The largest absolute Gasteiger partial charge is 0.477 e. The van der Waals surface area contributed by atoms with E-state index in [1.54, 1.807) is 4.90 Å². The molecule has 0 spiro atoms. The number of hydrogen-bond donors (Lipinski definition) is 1. The molecule has 0 radical (unpaired) electrons. The van der Waals surface area contributed by atoms with Gasteiger partial charge in [-0.05, 0) is 25.8 Å². The van der Waals surface area contributed by atoms with Gasteiger partial charge in [0.05, 0.1) is 4.92 Å². The first-order valence-corrected chi connectivity index (χ1v) is 5.70. The highest BCUT2D eigenvalue weighted by Crippen LogP contribution is 2.35. The van der Waals surface area contributed by atoms with Crippen LogP contribution in [0.4, 0.5) is 11.5 Å². The first kappa shape index (κ1) is 12.3. The third kappa shape index (κ3) is 2.24. The van der Waals surface area contributed by atoms with E-state index in [0.29, 0.717) is 6.54 Å². The van der Waals surface area contributed by atoms with E-state index in [4.69, 9.17) is 5.11 Å². The third-order valence-corrected chi connectivity index (χ3v) is 2.87. The Labute approximate surface area is 103 Å². The third-order valence-electron chi connectivity index (χ3n) is 2.87. The van der Waals surface area contributed by atoms with Crippen molar-refractivity contribution in [3.63, 3.8) is 0 Å². The van der Waals surface area contributed by atoms with Gasteiger partial charge in [-0.2, -0.15) is 0 Å². The maximum Gasteiger partial charge on any atom is 0.354 e. The number of nitrogens with zero attached hydrogens (tertiary/aromatic N) is 3. The van der Waals surface area contributed by atoms with Gasteiger partial charge in [0.15, 0.2) is 5.69 Å². The predicted molar refractivity (Wildman–Crippen MR) is 63.9 cm³/mol. The van der Waals surface area contributed by atoms with Crippen molar-refractivity contribution in [1.29, 1.82) is 0 Å². The van der Waals surface area contributed by atoms with Gasteiger partial charge in [0.1, 0.15) is 0 Å². The summed E-state index contributed by atoms with van der Waals surface area (Å²) in [6, 6.07) is 2.60. The highest BCUT2D eigenvalue weighted by Gasteiger charge is 2.33. The Morgan fingerprint density at radius 3 is 2.72 bits per heavy atom. The number of carboxylic acids is 1. The summed E-state index contributed by atoms with van der Waals surface area (Å²) < 4.78 is 0. The maximum absolute atomic E-state index is 11.0. The summed E-state index contributed by atoms with van der Waals surface area (Å²) in [5.74, 6) is -1.03. The normalized spacial score (nSPS) is 14.3. The Morgan fingerprint density at radius 2 is 2.28 bits per heavy atom. The smallest absolute Gasteiger partial charge is 0.354 e. The molecule has 0 aliphatic heterocycles. The van der Waals surface area contributed by atoms with Crippen LogP contribution in [0.25, 0.3) is 0 Å². The lowest BCUT2D eigenvalue weighted by atomic mass is 10.3. The number of hydrogen-bond acceptors (Lipinski definition) is 5. The highest BCUT2D eigenvalue weighted by molar-refractivity contribution is 5.86. The highest BCUT2D eigenvalue weighted by atomic mass is 16.6. The van der Waals surface area contributed by atoms with Crippen LogP contribution in [0.3, 0.4) is 0 Å². The molecule has 1 saturated carbocycles. The predicted octanol–water partition coefficient (Wildman–Crippen LogP) is 1.68. The van der Waals surface area contributed by atoms with Gasteiger partial charge in [-0.25, -0.2) is 9.78 Å². The molecule has 0 aromatic carbocycles. The topological polar surface area (TPSA) is 96.6 Å². The van der Waals surface area contributed by atoms with Crippen molar-refractivity contribution in [2.45, 2.75) is 25.8 Å². The molecule has 96 valence electrons. The fourth-order valence-electron chi connectivity index (χ4n) is 1.88. The molecule has 0 saturated heterocycles. The van der Waals surface area contributed by atoms with Gasteiger partial charge < -0.3 is 10.0 Å². The molecule has 0 atom stereocenters. The molecule has 1 aromatic heterocycles. The molecule has 18 heavy (non-hydrogen) atoms. The van der Waals surface area contributed by atoms with Crippen molar-refractivity contribution >= 4 is 17.5 Å². The molecule has 1 fully saturated rings. The number of pyridine rings is 1. The zero-order chi connectivity index (χ0) is 13.3. The van der Waals surface area contributed by atoms with Crippen molar-refractivity contribution in [2.24, 2.45) is 0 Å². The average molecular weight is 251 g/mol. The molecule has 0 amide bonds. The summed E-state index contributed by atoms with van der Waals surface area (Å²) in [7, 11) is 0. The zero-order valence-corrected chi connectivity index (χ0v) is 9.87. The lowest BCUT2D eigenvalue weighted by Crippen LogP contribution is -2.27. The van der Waals surface area contributed by atoms with Gasteiger partial charge in [-0.15, -0.1) is 0 Å². The number of anilines is 1. The SMILES string of the molecule is CCN(c1nc(C(=O)O)ccc1[N+](=O)[O-])C1CC1. The van der Waals surface area contributed by atoms with Gasteiger partial charge in [0.25, 0.3) is 0 Å². The monoisotopic (exact) mass is 251 g/mol. The maximum atomic E-state index is 11.0. The van der Waals surface area contributed by atoms with E-state index in [1.165, 1.54) is 6.07 Å². The molecular formula is C11H13N3O4. The van der Waals surface area contributed by atoms with Gasteiger partial charge in [-0.1, -0.05) is 0 Å². The minimum Gasteiger partial charge on any atom is -0.477 e. The van der Waals surface area contributed by atoms with E-state index in [2.05, 4.69) is 4.98 Å². The molecule has 2 rings (SSSR count). The van der Waals surface area contributed by atoms with E-state index in [-0.39, 0.29) is 23.2 Å². The molecule has 0 unspecified atom stereocenters. The number of carbonyl (C=O) groups is 1. The molecule has 1 aromatic rings. The van der Waals surface area contributed by atoms with Crippen LogP contribution in [0, 0.1) is 10.1 Å². The summed E-state index contributed by atoms with van der Waals surface area (Å²) in [5, 5.41) is 19.9. The summed E-state index contributed by atoms with van der Waals surface area (Å²) in [5.41, 5.74) is -0.316. The minimum absolute atomic E-state index is 0.145. The second-order valence-electron chi connectivity index (χ2n) is 4.12. The fraction of sp³-hybridized carbons (Fsp3) is 0.455.